The van der Waals surface area contributed by atoms with Crippen molar-refractivity contribution in [2.75, 3.05) is 10.6 Å². The number of nitrogens with one attached hydrogen (secondary N) is 2. The predicted octanol–water partition coefficient (Wildman–Crippen LogP) is 3.39. The van der Waals surface area contributed by atoms with Gasteiger partial charge < -0.3 is 10.6 Å². The van der Waals surface area contributed by atoms with E-state index in [2.05, 4.69) is 36.5 Å². The van der Waals surface area contributed by atoms with E-state index < -0.39 is 0 Å². The third-order valence-corrected chi connectivity index (χ3v) is 3.45. The molecule has 0 saturated heterocycles. The van der Waals surface area contributed by atoms with Crippen LogP contribution in [-0.2, 0) is 10.3 Å². The Bertz CT molecular complexity index is 655. The van der Waals surface area contributed by atoms with E-state index in [0.717, 1.165) is 16.9 Å². The SMILES string of the molecule is Cc1ccccc1NC(=O)C(C)Nc1cnn(C(C)(C)C)c1. The Balaban J connectivity index is 2.00. The van der Waals surface area contributed by atoms with Crippen LogP contribution < -0.4 is 10.6 Å². The van der Waals surface area contributed by atoms with Crippen molar-refractivity contribution >= 4 is 17.3 Å². The van der Waals surface area contributed by atoms with E-state index >= 15 is 0 Å². The second-order valence-corrected chi connectivity index (χ2v) is 6.51. The number of aromatic nitrogens is 2. The Morgan fingerprint density at radius 3 is 2.55 bits per heavy atom. The quantitative estimate of drug-likeness (QED) is 0.910. The first kappa shape index (κ1) is 16.1. The number of rotatable bonds is 4. The van der Waals surface area contributed by atoms with Crippen molar-refractivity contribution < 1.29 is 4.79 Å². The fourth-order valence-corrected chi connectivity index (χ4v) is 2.03. The maximum absolute atomic E-state index is 12.3. The molecule has 0 bridgehead atoms. The third-order valence-electron chi connectivity index (χ3n) is 3.45. The van der Waals surface area contributed by atoms with Crippen LogP contribution in [-0.4, -0.2) is 21.7 Å². The van der Waals surface area contributed by atoms with E-state index in [0.29, 0.717) is 0 Å². The number of anilines is 2. The normalized spacial score (nSPS) is 12.8. The van der Waals surface area contributed by atoms with Crippen LogP contribution in [0.1, 0.15) is 33.3 Å². The molecule has 1 aromatic heterocycles. The molecule has 2 aromatic rings. The van der Waals surface area contributed by atoms with Gasteiger partial charge in [0.05, 0.1) is 17.4 Å². The monoisotopic (exact) mass is 300 g/mol. The van der Waals surface area contributed by atoms with Crippen molar-refractivity contribution in [1.82, 2.24) is 9.78 Å². The van der Waals surface area contributed by atoms with Gasteiger partial charge in [-0.05, 0) is 46.2 Å². The number of benzene rings is 1. The smallest absolute Gasteiger partial charge is 0.246 e. The Hall–Kier alpha value is -2.30. The van der Waals surface area contributed by atoms with Gasteiger partial charge in [-0.2, -0.15) is 5.10 Å². The van der Waals surface area contributed by atoms with Crippen molar-refractivity contribution in [3.63, 3.8) is 0 Å². The van der Waals surface area contributed by atoms with Gasteiger partial charge in [0, 0.05) is 11.9 Å². The number of amides is 1. The van der Waals surface area contributed by atoms with Gasteiger partial charge in [-0.1, -0.05) is 18.2 Å². The van der Waals surface area contributed by atoms with Crippen LogP contribution in [0.5, 0.6) is 0 Å². The topological polar surface area (TPSA) is 59.0 Å². The molecule has 1 unspecified atom stereocenters. The molecule has 0 saturated carbocycles. The summed E-state index contributed by atoms with van der Waals surface area (Å²) in [4.78, 5) is 12.3. The first-order valence-electron chi connectivity index (χ1n) is 7.45. The summed E-state index contributed by atoms with van der Waals surface area (Å²) in [6, 6.07) is 7.39. The van der Waals surface area contributed by atoms with Crippen LogP contribution in [0.2, 0.25) is 0 Å². The van der Waals surface area contributed by atoms with E-state index in [9.17, 15) is 4.79 Å². The largest absolute Gasteiger partial charge is 0.371 e. The molecule has 1 heterocycles. The summed E-state index contributed by atoms with van der Waals surface area (Å²) in [5, 5.41) is 10.4. The molecule has 118 valence electrons. The second kappa shape index (κ2) is 6.22. The Morgan fingerprint density at radius 2 is 1.95 bits per heavy atom. The van der Waals surface area contributed by atoms with E-state index in [1.54, 1.807) is 6.20 Å². The average Bonchev–Trinajstić information content (AvgIpc) is 2.89. The van der Waals surface area contributed by atoms with Crippen LogP contribution in [0.25, 0.3) is 0 Å². The van der Waals surface area contributed by atoms with Gasteiger partial charge >= 0.3 is 0 Å². The first-order chi connectivity index (χ1) is 10.3. The van der Waals surface area contributed by atoms with Gasteiger partial charge in [-0.3, -0.25) is 9.48 Å². The number of aryl methyl sites for hydroxylation is 1. The van der Waals surface area contributed by atoms with Gasteiger partial charge in [-0.15, -0.1) is 0 Å². The highest BCUT2D eigenvalue weighted by Gasteiger charge is 2.17. The van der Waals surface area contributed by atoms with Crippen LogP contribution in [0.15, 0.2) is 36.7 Å². The van der Waals surface area contributed by atoms with Crippen molar-refractivity contribution in [1.29, 1.82) is 0 Å². The zero-order valence-electron chi connectivity index (χ0n) is 13.8. The zero-order valence-corrected chi connectivity index (χ0v) is 13.8. The van der Waals surface area contributed by atoms with Gasteiger partial charge in [0.1, 0.15) is 6.04 Å². The lowest BCUT2D eigenvalue weighted by Crippen LogP contribution is -2.32. The molecule has 2 rings (SSSR count). The highest BCUT2D eigenvalue weighted by Crippen LogP contribution is 2.17. The molecule has 0 radical (unpaired) electrons. The third kappa shape index (κ3) is 3.87. The lowest BCUT2D eigenvalue weighted by atomic mass is 10.1. The highest BCUT2D eigenvalue weighted by molar-refractivity contribution is 5.96. The molecular weight excluding hydrogens is 276 g/mol. The highest BCUT2D eigenvalue weighted by atomic mass is 16.2. The molecule has 5 heteroatoms. The van der Waals surface area contributed by atoms with Crippen LogP contribution in [0, 0.1) is 6.92 Å². The lowest BCUT2D eigenvalue weighted by Gasteiger charge is -2.19. The predicted molar refractivity (Wildman–Crippen MR) is 90.1 cm³/mol. The van der Waals surface area contributed by atoms with E-state index in [4.69, 9.17) is 0 Å². The molecule has 1 amide bonds. The summed E-state index contributed by atoms with van der Waals surface area (Å²) >= 11 is 0. The van der Waals surface area contributed by atoms with Gasteiger partial charge in [-0.25, -0.2) is 0 Å². The molecule has 0 aliphatic rings. The number of carbonyl (C=O) groups is 1. The maximum atomic E-state index is 12.3. The summed E-state index contributed by atoms with van der Waals surface area (Å²) in [5.41, 5.74) is 2.64. The summed E-state index contributed by atoms with van der Waals surface area (Å²) in [6.45, 7) is 10.1. The van der Waals surface area contributed by atoms with Crippen LogP contribution >= 0.6 is 0 Å². The molecule has 0 fully saturated rings. The average molecular weight is 300 g/mol. The molecule has 2 N–H and O–H groups in total. The van der Waals surface area contributed by atoms with E-state index in [-0.39, 0.29) is 17.5 Å². The van der Waals surface area contributed by atoms with Crippen molar-refractivity contribution in [3.05, 3.63) is 42.2 Å². The summed E-state index contributed by atoms with van der Waals surface area (Å²) in [6.07, 6.45) is 3.65. The van der Waals surface area contributed by atoms with Crippen molar-refractivity contribution in [2.45, 2.75) is 46.2 Å². The Labute approximate surface area is 131 Å². The zero-order chi connectivity index (χ0) is 16.3. The molecule has 0 aliphatic carbocycles. The standard InChI is InChI=1S/C17H24N4O/c1-12-8-6-7-9-15(12)20-16(22)13(2)19-14-10-18-21(11-14)17(3,4)5/h6-11,13,19H,1-5H3,(H,20,22). The van der Waals surface area contributed by atoms with Gasteiger partial charge in [0.2, 0.25) is 5.91 Å². The summed E-state index contributed by atoms with van der Waals surface area (Å²) < 4.78 is 1.88. The minimum Gasteiger partial charge on any atom is -0.371 e. The molecule has 0 aliphatic heterocycles. The second-order valence-electron chi connectivity index (χ2n) is 6.51. The number of hydrogen-bond acceptors (Lipinski definition) is 3. The minimum absolute atomic E-state index is 0.0715. The van der Waals surface area contributed by atoms with Gasteiger partial charge in [0.25, 0.3) is 0 Å². The van der Waals surface area contributed by atoms with Crippen LogP contribution in [0.4, 0.5) is 11.4 Å². The molecular formula is C17H24N4O. The number of carbonyl (C=O) groups excluding carboxylic acids is 1. The number of hydrogen-bond donors (Lipinski definition) is 2. The Kier molecular flexibility index (Phi) is 4.54. The Morgan fingerprint density at radius 1 is 1.27 bits per heavy atom. The molecule has 1 aromatic carbocycles. The van der Waals surface area contributed by atoms with Crippen molar-refractivity contribution in [3.8, 4) is 0 Å². The molecule has 5 nitrogen and oxygen atoms in total. The summed E-state index contributed by atoms with van der Waals surface area (Å²) in [5.74, 6) is -0.0715. The molecule has 22 heavy (non-hydrogen) atoms. The fraction of sp³-hybridized carbons (Fsp3) is 0.412. The van der Waals surface area contributed by atoms with Crippen molar-refractivity contribution in [2.24, 2.45) is 0 Å². The number of nitrogens with zero attached hydrogens (tertiary/aromatic N) is 2. The first-order valence-corrected chi connectivity index (χ1v) is 7.45. The van der Waals surface area contributed by atoms with E-state index in [1.807, 2.05) is 49.0 Å². The van der Waals surface area contributed by atoms with Crippen LogP contribution in [0.3, 0.4) is 0 Å². The fourth-order valence-electron chi connectivity index (χ4n) is 2.03. The maximum Gasteiger partial charge on any atom is 0.246 e. The lowest BCUT2D eigenvalue weighted by molar-refractivity contribution is -0.116. The molecule has 0 spiro atoms. The van der Waals surface area contributed by atoms with E-state index in [1.165, 1.54) is 0 Å². The number of para-hydroxylation sites is 1. The molecule has 1 atom stereocenters. The summed E-state index contributed by atoms with van der Waals surface area (Å²) in [7, 11) is 0. The van der Waals surface area contributed by atoms with Gasteiger partial charge in [0.15, 0.2) is 0 Å². The minimum atomic E-state index is -0.350.